The Labute approximate surface area is 202 Å². The van der Waals surface area contributed by atoms with E-state index in [0.717, 1.165) is 17.8 Å². The fraction of sp³-hybridized carbons (Fsp3) is 0.174. The first-order chi connectivity index (χ1) is 16.5. The second-order valence-electron chi connectivity index (χ2n) is 7.54. The Morgan fingerprint density at radius 2 is 1.97 bits per heavy atom. The molecule has 0 spiro atoms. The maximum Gasteiger partial charge on any atom is 0.573 e. The highest BCUT2D eigenvalue weighted by Gasteiger charge is 2.31. The molecule has 4 aromatic rings. The number of nitrogens with zero attached hydrogens (tertiary/aromatic N) is 5. The van der Waals surface area contributed by atoms with Gasteiger partial charge in [-0.1, -0.05) is 11.6 Å². The lowest BCUT2D eigenvalue weighted by atomic mass is 10.2. The lowest BCUT2D eigenvalue weighted by Crippen LogP contribution is -2.29. The number of hydrogen-bond acceptors (Lipinski definition) is 6. The number of aryl methyl sites for hydroxylation is 1. The van der Waals surface area contributed by atoms with Crippen molar-refractivity contribution in [2.24, 2.45) is 0 Å². The van der Waals surface area contributed by atoms with E-state index in [4.69, 9.17) is 16.9 Å². The first-order valence-electron chi connectivity index (χ1n) is 10.1. The van der Waals surface area contributed by atoms with Crippen LogP contribution in [0, 0.1) is 18.3 Å². The van der Waals surface area contributed by atoms with Crippen molar-refractivity contribution in [2.75, 3.05) is 0 Å². The molecule has 1 N–H and O–H groups in total. The minimum atomic E-state index is -4.93. The lowest BCUT2D eigenvalue weighted by molar-refractivity contribution is -0.274. The van der Waals surface area contributed by atoms with Crippen molar-refractivity contribution in [3.8, 4) is 17.6 Å². The number of pyridine rings is 2. The zero-order valence-corrected chi connectivity index (χ0v) is 19.0. The van der Waals surface area contributed by atoms with E-state index >= 15 is 0 Å². The van der Waals surface area contributed by atoms with Crippen LogP contribution in [0.15, 0.2) is 48.7 Å². The summed E-state index contributed by atoms with van der Waals surface area (Å²) in [6, 6.07) is 11.2. The van der Waals surface area contributed by atoms with Gasteiger partial charge in [-0.15, -0.1) is 13.2 Å². The van der Waals surface area contributed by atoms with Crippen molar-refractivity contribution in [1.82, 2.24) is 24.8 Å². The second-order valence-corrected chi connectivity index (χ2v) is 7.97. The number of ether oxygens (including phenoxy) is 1. The van der Waals surface area contributed by atoms with Crippen molar-refractivity contribution >= 4 is 28.7 Å². The van der Waals surface area contributed by atoms with Gasteiger partial charge in [-0.3, -0.25) is 9.36 Å². The molecule has 1 atom stereocenters. The van der Waals surface area contributed by atoms with E-state index < -0.39 is 24.1 Å². The molecule has 1 unspecified atom stereocenters. The molecule has 0 fully saturated rings. The number of halogens is 4. The molecule has 0 aliphatic carbocycles. The summed E-state index contributed by atoms with van der Waals surface area (Å²) < 4.78 is 43.4. The molecule has 178 valence electrons. The third-order valence-corrected chi connectivity index (χ3v) is 5.10. The topological polar surface area (TPSA) is 106 Å². The number of nitriles is 1. The maximum absolute atomic E-state index is 12.9. The normalized spacial score (nSPS) is 12.3. The molecule has 8 nitrogen and oxygen atoms in total. The van der Waals surface area contributed by atoms with Gasteiger partial charge < -0.3 is 10.1 Å². The number of carbonyl (C=O) groups is 1. The standard InChI is InChI=1S/C23H16ClF3N6O2/c1-12-3-5-18-21(30-12)33(19-6-4-14(10-28)11-29-19)20(32-18)13(2)31-22(34)15-7-16(24)9-17(8-15)35-23(25,26)27/h3-9,11,13H,1-2H3,(H,31,34). The van der Waals surface area contributed by atoms with Gasteiger partial charge in [-0.05, 0) is 56.3 Å². The first-order valence-corrected chi connectivity index (χ1v) is 10.5. The van der Waals surface area contributed by atoms with E-state index in [-0.39, 0.29) is 10.6 Å². The Morgan fingerprint density at radius 1 is 1.20 bits per heavy atom. The number of alkyl halides is 3. The first kappa shape index (κ1) is 24.0. The molecule has 0 saturated carbocycles. The Kier molecular flexibility index (Phi) is 6.32. The molecule has 1 amide bonds. The van der Waals surface area contributed by atoms with E-state index in [0.29, 0.717) is 28.4 Å². The van der Waals surface area contributed by atoms with Crippen LogP contribution >= 0.6 is 11.6 Å². The van der Waals surface area contributed by atoms with E-state index in [1.807, 2.05) is 13.0 Å². The monoisotopic (exact) mass is 500 g/mol. The van der Waals surface area contributed by atoms with Gasteiger partial charge in [-0.2, -0.15) is 5.26 Å². The van der Waals surface area contributed by atoms with Crippen molar-refractivity contribution in [1.29, 1.82) is 5.26 Å². The minimum Gasteiger partial charge on any atom is -0.406 e. The van der Waals surface area contributed by atoms with Crippen molar-refractivity contribution in [3.63, 3.8) is 0 Å². The van der Waals surface area contributed by atoms with Crippen LogP contribution in [-0.2, 0) is 0 Å². The van der Waals surface area contributed by atoms with Gasteiger partial charge in [0.25, 0.3) is 5.91 Å². The molecule has 4 rings (SSSR count). The van der Waals surface area contributed by atoms with Crippen LogP contribution in [0.4, 0.5) is 13.2 Å². The summed E-state index contributed by atoms with van der Waals surface area (Å²) in [6.45, 7) is 3.47. The smallest absolute Gasteiger partial charge is 0.406 e. The fourth-order valence-electron chi connectivity index (χ4n) is 3.40. The van der Waals surface area contributed by atoms with E-state index in [1.165, 1.54) is 12.3 Å². The SMILES string of the molecule is Cc1ccc2nc(C(C)NC(=O)c3cc(Cl)cc(OC(F)(F)F)c3)n(-c3ccc(C#N)cn3)c2n1. The van der Waals surface area contributed by atoms with Gasteiger partial charge in [0.05, 0.1) is 11.6 Å². The minimum absolute atomic E-state index is 0.0988. The summed E-state index contributed by atoms with van der Waals surface area (Å²) in [4.78, 5) is 26.3. The van der Waals surface area contributed by atoms with Gasteiger partial charge in [0.15, 0.2) is 5.65 Å². The van der Waals surface area contributed by atoms with Gasteiger partial charge in [0.1, 0.15) is 29.0 Å². The zero-order chi connectivity index (χ0) is 25.3. The number of imidazole rings is 1. The van der Waals surface area contributed by atoms with Crippen molar-refractivity contribution in [2.45, 2.75) is 26.3 Å². The molecule has 3 aromatic heterocycles. The molecule has 3 heterocycles. The fourth-order valence-corrected chi connectivity index (χ4v) is 3.63. The third kappa shape index (κ3) is 5.33. The molecule has 0 bridgehead atoms. The average Bonchev–Trinajstić information content (AvgIpc) is 3.16. The van der Waals surface area contributed by atoms with Crippen LogP contribution in [0.25, 0.3) is 17.0 Å². The van der Waals surface area contributed by atoms with Crippen molar-refractivity contribution in [3.05, 3.63) is 76.3 Å². The quantitative estimate of drug-likeness (QED) is 0.411. The highest BCUT2D eigenvalue weighted by molar-refractivity contribution is 6.31. The number of hydrogen-bond donors (Lipinski definition) is 1. The number of benzene rings is 1. The van der Waals surface area contributed by atoms with E-state index in [1.54, 1.807) is 35.8 Å². The largest absolute Gasteiger partial charge is 0.573 e. The average molecular weight is 501 g/mol. The third-order valence-electron chi connectivity index (χ3n) is 4.88. The van der Waals surface area contributed by atoms with Gasteiger partial charge >= 0.3 is 6.36 Å². The van der Waals surface area contributed by atoms with Crippen LogP contribution in [0.2, 0.25) is 5.02 Å². The van der Waals surface area contributed by atoms with Crippen LogP contribution in [0.1, 0.15) is 40.4 Å². The van der Waals surface area contributed by atoms with Crippen LogP contribution in [-0.4, -0.2) is 31.8 Å². The molecule has 35 heavy (non-hydrogen) atoms. The zero-order valence-electron chi connectivity index (χ0n) is 18.3. The number of aromatic nitrogens is 4. The summed E-state index contributed by atoms with van der Waals surface area (Å²) in [5.74, 6) is -0.513. The molecular weight excluding hydrogens is 485 g/mol. The summed E-state index contributed by atoms with van der Waals surface area (Å²) in [5.41, 5.74) is 2.00. The maximum atomic E-state index is 12.9. The predicted molar refractivity (Wildman–Crippen MR) is 120 cm³/mol. The van der Waals surface area contributed by atoms with E-state index in [9.17, 15) is 18.0 Å². The summed E-state index contributed by atoms with van der Waals surface area (Å²) >= 11 is 5.89. The second kappa shape index (κ2) is 9.23. The molecule has 1 aromatic carbocycles. The number of nitrogens with one attached hydrogen (secondary N) is 1. The lowest BCUT2D eigenvalue weighted by Gasteiger charge is -2.16. The Morgan fingerprint density at radius 3 is 2.63 bits per heavy atom. The van der Waals surface area contributed by atoms with Gasteiger partial charge in [0.2, 0.25) is 0 Å². The van der Waals surface area contributed by atoms with Crippen LogP contribution in [0.3, 0.4) is 0 Å². The highest BCUT2D eigenvalue weighted by Crippen LogP contribution is 2.28. The molecule has 0 radical (unpaired) electrons. The Balaban J connectivity index is 1.71. The Bertz CT molecular complexity index is 1460. The number of fused-ring (bicyclic) bond motifs is 1. The molecule has 0 saturated heterocycles. The number of rotatable bonds is 5. The molecular formula is C23H16ClF3N6O2. The van der Waals surface area contributed by atoms with Crippen LogP contribution < -0.4 is 10.1 Å². The van der Waals surface area contributed by atoms with Gasteiger partial charge in [0, 0.05) is 22.5 Å². The number of amides is 1. The Hall–Kier alpha value is -4.17. The molecule has 0 aliphatic rings. The van der Waals surface area contributed by atoms with Gasteiger partial charge in [-0.25, -0.2) is 15.0 Å². The molecule has 12 heteroatoms. The summed E-state index contributed by atoms with van der Waals surface area (Å²) in [7, 11) is 0. The summed E-state index contributed by atoms with van der Waals surface area (Å²) in [5, 5.41) is 11.7. The molecule has 0 aliphatic heterocycles. The highest BCUT2D eigenvalue weighted by atomic mass is 35.5. The van der Waals surface area contributed by atoms with Crippen LogP contribution in [0.5, 0.6) is 5.75 Å². The number of carbonyl (C=O) groups excluding carboxylic acids is 1. The predicted octanol–water partition coefficient (Wildman–Crippen LogP) is 5.04. The van der Waals surface area contributed by atoms with E-state index in [2.05, 4.69) is 25.0 Å². The van der Waals surface area contributed by atoms with Crippen molar-refractivity contribution < 1.29 is 22.7 Å². The summed E-state index contributed by atoms with van der Waals surface area (Å²) in [6.07, 6.45) is -3.53.